The minimum Gasteiger partial charge on any atom is -0.508 e. The first-order chi connectivity index (χ1) is 21.9. The van der Waals surface area contributed by atoms with Crippen molar-refractivity contribution in [2.45, 2.75) is 62.4 Å². The van der Waals surface area contributed by atoms with Crippen LogP contribution in [-0.4, -0.2) is 73.6 Å². The van der Waals surface area contributed by atoms with Gasteiger partial charge in [0, 0.05) is 13.0 Å². The summed E-state index contributed by atoms with van der Waals surface area (Å²) in [5.74, 6) is -2.48. The number of aliphatic carboxylic acids is 1. The van der Waals surface area contributed by atoms with Crippen LogP contribution in [0.25, 0.3) is 0 Å². The summed E-state index contributed by atoms with van der Waals surface area (Å²) in [6.45, 7) is 1.59. The molecule has 1 aromatic heterocycles. The monoisotopic (exact) mass is 637 g/mol. The van der Waals surface area contributed by atoms with Crippen LogP contribution in [0, 0.1) is 5.92 Å². The van der Waals surface area contributed by atoms with Crippen molar-refractivity contribution < 1.29 is 34.2 Å². The molecule has 0 aliphatic heterocycles. The molecule has 1 saturated carbocycles. The summed E-state index contributed by atoms with van der Waals surface area (Å²) in [5.41, 5.74) is 17.1. The van der Waals surface area contributed by atoms with Crippen molar-refractivity contribution in [3.63, 3.8) is 0 Å². The molecule has 12 N–H and O–H groups in total. The number of aromatic nitrogens is 2. The van der Waals surface area contributed by atoms with Gasteiger partial charge in [0.05, 0.1) is 12.1 Å². The third-order valence-electron chi connectivity index (χ3n) is 7.72. The Balaban J connectivity index is 1.47. The van der Waals surface area contributed by atoms with E-state index in [9.17, 15) is 29.7 Å². The first kappa shape index (κ1) is 33.7. The highest BCUT2D eigenvalue weighted by molar-refractivity contribution is 5.96. The Morgan fingerprint density at radius 3 is 2.37 bits per heavy atom. The van der Waals surface area contributed by atoms with Gasteiger partial charge < -0.3 is 53.0 Å². The summed E-state index contributed by atoms with van der Waals surface area (Å²) < 4.78 is 5.34. The molecule has 0 radical (unpaired) electrons. The zero-order valence-electron chi connectivity index (χ0n) is 25.2. The number of guanidine groups is 1. The fourth-order valence-corrected chi connectivity index (χ4v) is 5.12. The van der Waals surface area contributed by atoms with E-state index in [1.54, 1.807) is 12.1 Å². The predicted molar refractivity (Wildman–Crippen MR) is 165 cm³/mol. The Morgan fingerprint density at radius 2 is 1.74 bits per heavy atom. The molecule has 16 nitrogen and oxygen atoms in total. The number of carbonyl (C=O) groups is 3. The van der Waals surface area contributed by atoms with E-state index >= 15 is 0 Å². The average Bonchev–Trinajstić information content (AvgIpc) is 3.46. The summed E-state index contributed by atoms with van der Waals surface area (Å²) >= 11 is 0. The number of benzene rings is 2. The summed E-state index contributed by atoms with van der Waals surface area (Å²) in [5, 5.41) is 41.5. The molecule has 1 aliphatic carbocycles. The number of nitrogens with zero attached hydrogens (tertiary/aromatic N) is 3. The summed E-state index contributed by atoms with van der Waals surface area (Å²) in [6, 6.07) is 11.4. The van der Waals surface area contributed by atoms with Crippen LogP contribution in [0.15, 0.2) is 64.1 Å². The molecular weight excluding hydrogens is 598 g/mol. The quantitative estimate of drug-likeness (QED) is 0.0785. The Hall–Kier alpha value is -5.22. The van der Waals surface area contributed by atoms with E-state index in [0.29, 0.717) is 18.4 Å². The highest BCUT2D eigenvalue weighted by Gasteiger charge is 2.61. The van der Waals surface area contributed by atoms with E-state index in [0.717, 1.165) is 5.56 Å². The molecule has 0 spiro atoms. The maximum absolute atomic E-state index is 13.6. The fourth-order valence-electron chi connectivity index (χ4n) is 5.12. The van der Waals surface area contributed by atoms with Gasteiger partial charge in [0.15, 0.2) is 11.8 Å². The topological polar surface area (TPSA) is 277 Å². The van der Waals surface area contributed by atoms with E-state index in [2.05, 4.69) is 31.1 Å². The molecule has 2 aromatic carbocycles. The number of hydrogen-bond donors (Lipinski definition) is 9. The Labute approximate surface area is 264 Å². The molecule has 0 bridgehead atoms. The number of phenolic OH excluding ortho intramolecular Hbond substituents is 1. The predicted octanol–water partition coefficient (Wildman–Crippen LogP) is -0.0269. The van der Waals surface area contributed by atoms with Gasteiger partial charge in [0.1, 0.15) is 23.4 Å². The molecule has 1 aliphatic rings. The first-order valence-electron chi connectivity index (χ1n) is 14.6. The van der Waals surface area contributed by atoms with Gasteiger partial charge in [-0.15, -0.1) is 0 Å². The van der Waals surface area contributed by atoms with E-state index in [1.165, 1.54) is 19.1 Å². The number of nitrogens with two attached hydrogens (primary N) is 3. The van der Waals surface area contributed by atoms with Crippen LogP contribution in [0.2, 0.25) is 0 Å². The average molecular weight is 638 g/mol. The van der Waals surface area contributed by atoms with Crippen molar-refractivity contribution in [2.24, 2.45) is 28.1 Å². The number of carbonyl (C=O) groups excluding carboxylic acids is 2. The van der Waals surface area contributed by atoms with Crippen molar-refractivity contribution in [3.05, 3.63) is 77.4 Å². The molecule has 1 fully saturated rings. The number of aliphatic imine (C=N–C) groups is 1. The maximum Gasteiger partial charge on any atom is 0.326 e. The molecule has 3 aromatic rings. The van der Waals surface area contributed by atoms with Crippen LogP contribution in [-0.2, 0) is 22.4 Å². The molecule has 2 unspecified atom stereocenters. The highest BCUT2D eigenvalue weighted by atomic mass is 16.5. The van der Waals surface area contributed by atoms with Gasteiger partial charge in [-0.3, -0.25) is 9.79 Å². The Morgan fingerprint density at radius 1 is 1.07 bits per heavy atom. The van der Waals surface area contributed by atoms with Gasteiger partial charge in [-0.1, -0.05) is 47.6 Å². The molecule has 6 atom stereocenters. The van der Waals surface area contributed by atoms with Crippen LogP contribution in [0.1, 0.15) is 54.7 Å². The van der Waals surface area contributed by atoms with Gasteiger partial charge in [-0.2, -0.15) is 4.98 Å². The number of amides is 3. The molecule has 16 heteroatoms. The second-order valence-electron chi connectivity index (χ2n) is 11.3. The van der Waals surface area contributed by atoms with E-state index < -0.39 is 53.6 Å². The number of carboxylic acid groups (broad SMARTS) is 1. The fraction of sp³-hybridized carbons (Fsp3) is 0.400. The Bertz CT molecular complexity index is 1530. The summed E-state index contributed by atoms with van der Waals surface area (Å²) in [4.78, 5) is 47.2. The third-order valence-corrected chi connectivity index (χ3v) is 7.72. The number of phenols is 1. The number of urea groups is 1. The molecule has 46 heavy (non-hydrogen) atoms. The van der Waals surface area contributed by atoms with Crippen LogP contribution in [0.4, 0.5) is 4.79 Å². The lowest BCUT2D eigenvalue weighted by Crippen LogP contribution is -2.57. The number of rotatable bonds is 15. The molecule has 3 amide bonds. The minimum atomic E-state index is -1.49. The van der Waals surface area contributed by atoms with Crippen molar-refractivity contribution in [1.82, 2.24) is 26.1 Å². The lowest BCUT2D eigenvalue weighted by molar-refractivity contribution is -0.142. The smallest absolute Gasteiger partial charge is 0.326 e. The number of hydrogen-bond acceptors (Lipinski definition) is 10. The summed E-state index contributed by atoms with van der Waals surface area (Å²) in [6.07, 6.45) is -0.342. The highest BCUT2D eigenvalue weighted by Crippen LogP contribution is 2.46. The molecule has 4 rings (SSSR count). The van der Waals surface area contributed by atoms with Crippen molar-refractivity contribution in [2.75, 3.05) is 6.54 Å². The number of aliphatic hydroxyl groups excluding tert-OH is 1. The molecule has 246 valence electrons. The third kappa shape index (κ3) is 8.70. The van der Waals surface area contributed by atoms with E-state index in [-0.39, 0.29) is 42.8 Å². The second-order valence-corrected chi connectivity index (χ2v) is 11.3. The van der Waals surface area contributed by atoms with Gasteiger partial charge in [0.25, 0.3) is 5.89 Å². The second kappa shape index (κ2) is 14.7. The molecule has 0 saturated heterocycles. The van der Waals surface area contributed by atoms with E-state index in [1.807, 2.05) is 30.3 Å². The summed E-state index contributed by atoms with van der Waals surface area (Å²) in [7, 11) is 0. The molecule has 1 heterocycles. The lowest BCUT2D eigenvalue weighted by Gasteiger charge is -2.24. The minimum absolute atomic E-state index is 0.0118. The van der Waals surface area contributed by atoms with Crippen LogP contribution in [0.5, 0.6) is 5.75 Å². The lowest BCUT2D eigenvalue weighted by atomic mass is 10.0. The van der Waals surface area contributed by atoms with Crippen LogP contribution in [0.3, 0.4) is 0 Å². The number of aliphatic hydroxyl groups is 1. The van der Waals surface area contributed by atoms with Crippen molar-refractivity contribution in [3.8, 4) is 5.75 Å². The normalized spacial score (nSPS) is 19.6. The molecular formula is C30H39N9O7. The van der Waals surface area contributed by atoms with Crippen molar-refractivity contribution >= 4 is 23.9 Å². The van der Waals surface area contributed by atoms with Gasteiger partial charge in [-0.05, 0) is 55.4 Å². The zero-order chi connectivity index (χ0) is 33.4. The number of carboxylic acids is 1. The zero-order valence-corrected chi connectivity index (χ0v) is 25.2. The number of aromatic hydroxyl groups is 1. The van der Waals surface area contributed by atoms with Crippen LogP contribution < -0.4 is 33.2 Å². The van der Waals surface area contributed by atoms with Crippen LogP contribution >= 0.6 is 0 Å². The standard InChI is InChI=1S/C30H39N9O7/c1-16(40)23(25-37-24(39-46-25)21(31)13-17-5-3-2-4-6-17)36-29(45)38-30(15-19(30)11-12-34-28(32)33)27(44)35-22(26(42)43)14-18-7-9-20(41)10-8-18/h2-10,16,19,21-23,40-41H,11-15,31H2,1H3,(H,35,44)(H,42,43)(H4,32,33,34)(H2,36,38,45)/t16-,19-,21+,22?,23+,30?/m1/s1. The first-order valence-corrected chi connectivity index (χ1v) is 14.6. The SMILES string of the molecule is C[C@@H](O)[C@H](NC(=O)NC1(C(=O)NC(Cc2ccc(O)cc2)C(=O)O)C[C@H]1CCN=C(N)N)c1nc([C@@H](N)Cc2ccccc2)no1. The van der Waals surface area contributed by atoms with Gasteiger partial charge in [0.2, 0.25) is 5.91 Å². The Kier molecular flexibility index (Phi) is 10.8. The van der Waals surface area contributed by atoms with Gasteiger partial charge in [-0.25, -0.2) is 9.59 Å². The number of nitrogens with one attached hydrogen (secondary N) is 3. The van der Waals surface area contributed by atoms with Crippen molar-refractivity contribution in [1.29, 1.82) is 0 Å². The maximum atomic E-state index is 13.6. The van der Waals surface area contributed by atoms with E-state index in [4.69, 9.17) is 21.7 Å². The van der Waals surface area contributed by atoms with Gasteiger partial charge >= 0.3 is 12.0 Å². The largest absolute Gasteiger partial charge is 0.508 e.